The number of anilines is 1. The van der Waals surface area contributed by atoms with Crippen LogP contribution in [0.4, 0.5) is 5.13 Å². The van der Waals surface area contributed by atoms with Gasteiger partial charge in [-0.05, 0) is 24.1 Å². The van der Waals surface area contributed by atoms with Crippen LogP contribution in [-0.2, 0) is 13.0 Å². The molecule has 4 nitrogen and oxygen atoms in total. The Morgan fingerprint density at radius 2 is 2.14 bits per heavy atom. The van der Waals surface area contributed by atoms with Crippen LogP contribution < -0.4 is 9.64 Å². The van der Waals surface area contributed by atoms with E-state index in [0.29, 0.717) is 6.10 Å². The first-order chi connectivity index (χ1) is 10.8. The Kier molecular flexibility index (Phi) is 3.76. The maximum Gasteiger partial charge on any atom is 0.185 e. The molecule has 0 spiro atoms. The van der Waals surface area contributed by atoms with Gasteiger partial charge >= 0.3 is 0 Å². The van der Waals surface area contributed by atoms with E-state index in [1.54, 1.807) is 11.3 Å². The molecule has 5 heteroatoms. The van der Waals surface area contributed by atoms with Crippen LogP contribution in [0, 0.1) is 0 Å². The molecule has 116 valence electrons. The smallest absolute Gasteiger partial charge is 0.185 e. The Morgan fingerprint density at radius 3 is 2.91 bits per heavy atom. The summed E-state index contributed by atoms with van der Waals surface area (Å²) in [4.78, 5) is 9.33. The highest BCUT2D eigenvalue weighted by atomic mass is 32.1. The summed E-state index contributed by atoms with van der Waals surface area (Å²) in [5.74, 6) is 1.07. The summed E-state index contributed by atoms with van der Waals surface area (Å²) in [7, 11) is 0. The maximum atomic E-state index is 5.78. The second-order valence-electron chi connectivity index (χ2n) is 6.15. The van der Waals surface area contributed by atoms with Crippen molar-refractivity contribution in [3.05, 3.63) is 40.9 Å². The number of nitrogens with zero attached hydrogens (tertiary/aromatic N) is 3. The van der Waals surface area contributed by atoms with Gasteiger partial charge in [-0.25, -0.2) is 4.98 Å². The molecule has 1 atom stereocenters. The molecule has 0 aliphatic carbocycles. The van der Waals surface area contributed by atoms with Crippen LogP contribution in [0.5, 0.6) is 5.75 Å². The Bertz CT molecular complexity index is 635. The summed E-state index contributed by atoms with van der Waals surface area (Å²) < 4.78 is 5.78. The number of hydrogen-bond acceptors (Lipinski definition) is 5. The number of rotatable bonds is 3. The first kappa shape index (κ1) is 14.0. The number of thiazole rings is 1. The van der Waals surface area contributed by atoms with Crippen molar-refractivity contribution >= 4 is 16.5 Å². The van der Waals surface area contributed by atoms with E-state index >= 15 is 0 Å². The minimum atomic E-state index is 0.326. The molecule has 1 fully saturated rings. The molecule has 0 N–H and O–H groups in total. The monoisotopic (exact) mass is 315 g/mol. The molecule has 0 radical (unpaired) electrons. The van der Waals surface area contributed by atoms with Crippen molar-refractivity contribution in [1.29, 1.82) is 0 Å². The topological polar surface area (TPSA) is 28.6 Å². The SMILES string of the molecule is CC1Cc2cc(CN3CCN(c4nccs4)CC3)ccc2O1. The second kappa shape index (κ2) is 5.89. The van der Waals surface area contributed by atoms with E-state index in [9.17, 15) is 0 Å². The standard InChI is InChI=1S/C17H21N3OS/c1-13-10-15-11-14(2-3-16(15)21-13)12-19-5-7-20(8-6-19)17-18-4-9-22-17/h2-4,9,11,13H,5-8,10,12H2,1H3. The van der Waals surface area contributed by atoms with Gasteiger partial charge in [-0.2, -0.15) is 0 Å². The quantitative estimate of drug-likeness (QED) is 0.871. The van der Waals surface area contributed by atoms with Crippen molar-refractivity contribution in [2.24, 2.45) is 0 Å². The van der Waals surface area contributed by atoms with Crippen molar-refractivity contribution in [2.75, 3.05) is 31.1 Å². The third-order valence-electron chi connectivity index (χ3n) is 4.43. The van der Waals surface area contributed by atoms with Crippen molar-refractivity contribution < 1.29 is 4.74 Å². The van der Waals surface area contributed by atoms with Crippen LogP contribution in [0.25, 0.3) is 0 Å². The van der Waals surface area contributed by atoms with Crippen molar-refractivity contribution in [3.8, 4) is 5.75 Å². The van der Waals surface area contributed by atoms with Gasteiger partial charge in [-0.1, -0.05) is 12.1 Å². The Hall–Kier alpha value is -1.59. The highest BCUT2D eigenvalue weighted by Gasteiger charge is 2.21. The average Bonchev–Trinajstić information content (AvgIpc) is 3.16. The van der Waals surface area contributed by atoms with Gasteiger partial charge in [-0.3, -0.25) is 4.90 Å². The fraction of sp³-hybridized carbons (Fsp3) is 0.471. The summed E-state index contributed by atoms with van der Waals surface area (Å²) >= 11 is 1.73. The lowest BCUT2D eigenvalue weighted by molar-refractivity contribution is 0.249. The highest BCUT2D eigenvalue weighted by Crippen LogP contribution is 2.30. The molecule has 1 aromatic carbocycles. The summed E-state index contributed by atoms with van der Waals surface area (Å²) in [5.41, 5.74) is 2.77. The summed E-state index contributed by atoms with van der Waals surface area (Å²) in [6.45, 7) is 7.51. The average molecular weight is 315 g/mol. The van der Waals surface area contributed by atoms with Crippen LogP contribution in [0.15, 0.2) is 29.8 Å². The first-order valence-corrected chi connectivity index (χ1v) is 8.81. The Balaban J connectivity index is 1.36. The molecule has 4 rings (SSSR count). The second-order valence-corrected chi connectivity index (χ2v) is 7.03. The minimum absolute atomic E-state index is 0.326. The molecular formula is C17H21N3OS. The van der Waals surface area contributed by atoms with Gasteiger partial charge in [0.25, 0.3) is 0 Å². The van der Waals surface area contributed by atoms with E-state index in [0.717, 1.165) is 50.0 Å². The summed E-state index contributed by atoms with van der Waals surface area (Å²) in [6, 6.07) is 6.68. The van der Waals surface area contributed by atoms with E-state index in [4.69, 9.17) is 4.74 Å². The molecule has 1 aromatic heterocycles. The highest BCUT2D eigenvalue weighted by molar-refractivity contribution is 7.13. The molecule has 2 aromatic rings. The van der Waals surface area contributed by atoms with Gasteiger partial charge in [-0.15, -0.1) is 11.3 Å². The number of piperazine rings is 1. The number of aromatic nitrogens is 1. The van der Waals surface area contributed by atoms with Crippen molar-refractivity contribution in [2.45, 2.75) is 26.0 Å². The third-order valence-corrected chi connectivity index (χ3v) is 5.26. The maximum absolute atomic E-state index is 5.78. The zero-order valence-electron chi connectivity index (χ0n) is 12.9. The first-order valence-electron chi connectivity index (χ1n) is 7.93. The molecule has 0 saturated carbocycles. The molecule has 2 aliphatic rings. The lowest BCUT2D eigenvalue weighted by Crippen LogP contribution is -2.45. The normalized spacial score (nSPS) is 21.7. The van der Waals surface area contributed by atoms with E-state index in [1.165, 1.54) is 11.1 Å². The Labute approximate surface area is 135 Å². The van der Waals surface area contributed by atoms with E-state index in [-0.39, 0.29) is 0 Å². The Morgan fingerprint density at radius 1 is 1.27 bits per heavy atom. The lowest BCUT2D eigenvalue weighted by atomic mass is 10.1. The zero-order valence-corrected chi connectivity index (χ0v) is 13.7. The molecule has 2 aliphatic heterocycles. The van der Waals surface area contributed by atoms with Gasteiger partial charge in [0.15, 0.2) is 5.13 Å². The van der Waals surface area contributed by atoms with Crippen LogP contribution in [0.2, 0.25) is 0 Å². The van der Waals surface area contributed by atoms with Gasteiger partial charge in [0.2, 0.25) is 0 Å². The number of benzene rings is 1. The van der Waals surface area contributed by atoms with Crippen LogP contribution in [0.3, 0.4) is 0 Å². The predicted octanol–water partition coefficient (Wildman–Crippen LogP) is 2.79. The molecule has 0 bridgehead atoms. The van der Waals surface area contributed by atoms with E-state index in [1.807, 2.05) is 6.20 Å². The fourth-order valence-electron chi connectivity index (χ4n) is 3.30. The van der Waals surface area contributed by atoms with Gasteiger partial charge in [0, 0.05) is 50.7 Å². The predicted molar refractivity (Wildman–Crippen MR) is 89.8 cm³/mol. The van der Waals surface area contributed by atoms with Crippen molar-refractivity contribution in [3.63, 3.8) is 0 Å². The summed E-state index contributed by atoms with van der Waals surface area (Å²) in [5, 5.41) is 3.21. The molecule has 1 saturated heterocycles. The lowest BCUT2D eigenvalue weighted by Gasteiger charge is -2.34. The molecule has 3 heterocycles. The van der Waals surface area contributed by atoms with Crippen LogP contribution in [-0.4, -0.2) is 42.2 Å². The van der Waals surface area contributed by atoms with Crippen molar-refractivity contribution in [1.82, 2.24) is 9.88 Å². The number of ether oxygens (including phenoxy) is 1. The van der Waals surface area contributed by atoms with Crippen LogP contribution >= 0.6 is 11.3 Å². The zero-order chi connectivity index (χ0) is 14.9. The van der Waals surface area contributed by atoms with E-state index < -0.39 is 0 Å². The largest absolute Gasteiger partial charge is 0.490 e. The third kappa shape index (κ3) is 2.83. The number of hydrogen-bond donors (Lipinski definition) is 0. The van der Waals surface area contributed by atoms with Gasteiger partial charge in [0.05, 0.1) is 0 Å². The van der Waals surface area contributed by atoms with Gasteiger partial charge in [0.1, 0.15) is 11.9 Å². The fourth-order valence-corrected chi connectivity index (χ4v) is 4.00. The van der Waals surface area contributed by atoms with E-state index in [2.05, 4.69) is 45.3 Å². The molecule has 1 unspecified atom stereocenters. The molecule has 22 heavy (non-hydrogen) atoms. The van der Waals surface area contributed by atoms with Crippen LogP contribution in [0.1, 0.15) is 18.1 Å². The number of fused-ring (bicyclic) bond motifs is 1. The molecular weight excluding hydrogens is 294 g/mol. The minimum Gasteiger partial charge on any atom is -0.490 e. The van der Waals surface area contributed by atoms with Gasteiger partial charge < -0.3 is 9.64 Å². The molecule has 0 amide bonds. The summed E-state index contributed by atoms with van der Waals surface area (Å²) in [6.07, 6.45) is 3.26.